The van der Waals surface area contributed by atoms with Crippen LogP contribution in [-0.2, 0) is 17.8 Å². The van der Waals surface area contributed by atoms with Crippen LogP contribution in [0.1, 0.15) is 51.2 Å². The highest BCUT2D eigenvalue weighted by Crippen LogP contribution is 2.20. The van der Waals surface area contributed by atoms with E-state index in [0.29, 0.717) is 6.54 Å². The van der Waals surface area contributed by atoms with Crippen LogP contribution in [0.5, 0.6) is 0 Å². The summed E-state index contributed by atoms with van der Waals surface area (Å²) in [6.07, 6.45) is 4.00. The van der Waals surface area contributed by atoms with Crippen molar-refractivity contribution in [2.75, 3.05) is 52.5 Å². The summed E-state index contributed by atoms with van der Waals surface area (Å²) in [4.78, 5) is 10.0. The van der Waals surface area contributed by atoms with E-state index >= 15 is 0 Å². The molecule has 0 unspecified atom stereocenters. The number of ether oxygens (including phenoxy) is 1. The minimum atomic E-state index is 0. The summed E-state index contributed by atoms with van der Waals surface area (Å²) >= 11 is 0. The third-order valence-corrected chi connectivity index (χ3v) is 6.27. The molecule has 0 bridgehead atoms. The van der Waals surface area contributed by atoms with Crippen LogP contribution in [0.15, 0.2) is 29.3 Å². The Balaban J connectivity index is 0.00000341. The summed E-state index contributed by atoms with van der Waals surface area (Å²) in [5.74, 6) is 0.906. The lowest BCUT2D eigenvalue weighted by atomic mass is 9.98. The van der Waals surface area contributed by atoms with E-state index in [1.807, 2.05) is 0 Å². The second-order valence-corrected chi connectivity index (χ2v) is 9.07. The highest BCUT2D eigenvalue weighted by molar-refractivity contribution is 14.0. The summed E-state index contributed by atoms with van der Waals surface area (Å²) in [5.41, 5.74) is 2.80. The number of hydrogen-bond acceptors (Lipinski definition) is 4. The number of nitrogens with one attached hydrogen (secondary N) is 2. The monoisotopic (exact) mass is 543 g/mol. The van der Waals surface area contributed by atoms with Gasteiger partial charge in [-0.1, -0.05) is 30.7 Å². The van der Waals surface area contributed by atoms with Gasteiger partial charge in [-0.15, -0.1) is 24.0 Å². The maximum absolute atomic E-state index is 5.49. The molecule has 2 fully saturated rings. The van der Waals surface area contributed by atoms with Crippen molar-refractivity contribution < 1.29 is 4.74 Å². The number of piperidine rings is 1. The van der Waals surface area contributed by atoms with E-state index in [4.69, 9.17) is 9.73 Å². The van der Waals surface area contributed by atoms with E-state index in [-0.39, 0.29) is 29.5 Å². The molecule has 0 radical (unpaired) electrons. The van der Waals surface area contributed by atoms with Crippen LogP contribution >= 0.6 is 24.0 Å². The number of aliphatic imine (C=N–C) groups is 1. The first-order valence-corrected chi connectivity index (χ1v) is 11.7. The van der Waals surface area contributed by atoms with E-state index in [9.17, 15) is 0 Å². The molecule has 1 aromatic carbocycles. The molecule has 0 saturated carbocycles. The summed E-state index contributed by atoms with van der Waals surface area (Å²) < 4.78 is 5.49. The Labute approximate surface area is 206 Å². The third kappa shape index (κ3) is 8.51. The Morgan fingerprint density at radius 2 is 1.68 bits per heavy atom. The van der Waals surface area contributed by atoms with Crippen LogP contribution in [0.4, 0.5) is 0 Å². The van der Waals surface area contributed by atoms with Gasteiger partial charge in [0.15, 0.2) is 5.96 Å². The van der Waals surface area contributed by atoms with Crippen LogP contribution < -0.4 is 10.6 Å². The fourth-order valence-electron chi connectivity index (χ4n) is 4.28. The van der Waals surface area contributed by atoms with Crippen molar-refractivity contribution in [1.29, 1.82) is 0 Å². The molecule has 1 aromatic rings. The van der Waals surface area contributed by atoms with Crippen LogP contribution in [0.2, 0.25) is 0 Å². The molecule has 176 valence electrons. The highest BCUT2D eigenvalue weighted by Gasteiger charge is 2.27. The molecule has 6 nitrogen and oxygen atoms in total. The molecule has 2 aliphatic rings. The van der Waals surface area contributed by atoms with Gasteiger partial charge in [0, 0.05) is 38.3 Å². The van der Waals surface area contributed by atoms with Crippen molar-refractivity contribution in [1.82, 2.24) is 20.4 Å². The molecule has 2 saturated heterocycles. The van der Waals surface area contributed by atoms with E-state index < -0.39 is 0 Å². The maximum Gasteiger partial charge on any atom is 0.191 e. The second-order valence-electron chi connectivity index (χ2n) is 9.07. The molecular formula is C24H42IN5O. The molecule has 0 aromatic heterocycles. The standard InChI is InChI=1S/C24H41N5O.HI/c1-4-25-23(27-20-24(2,3)29-12-8-5-9-13-29)26-18-21-10-6-7-11-22(21)19-28-14-16-30-17-15-28;/h6-7,10-11H,4-5,8-9,12-20H2,1-3H3,(H2,25,26,27);1H. The van der Waals surface area contributed by atoms with Crippen molar-refractivity contribution in [3.8, 4) is 0 Å². The molecule has 0 atom stereocenters. The Kier molecular flexibility index (Phi) is 11.6. The fraction of sp³-hybridized carbons (Fsp3) is 0.708. The van der Waals surface area contributed by atoms with Crippen molar-refractivity contribution in [3.63, 3.8) is 0 Å². The topological polar surface area (TPSA) is 52.1 Å². The zero-order valence-electron chi connectivity index (χ0n) is 19.7. The molecular weight excluding hydrogens is 501 g/mol. The smallest absolute Gasteiger partial charge is 0.191 e. The summed E-state index contributed by atoms with van der Waals surface area (Å²) in [6, 6.07) is 8.70. The first-order chi connectivity index (χ1) is 14.6. The lowest BCUT2D eigenvalue weighted by Gasteiger charge is -2.41. The second kappa shape index (κ2) is 13.6. The van der Waals surface area contributed by atoms with E-state index in [0.717, 1.165) is 51.9 Å². The Morgan fingerprint density at radius 1 is 1.00 bits per heavy atom. The SMILES string of the molecule is CCNC(=NCc1ccccc1CN1CCOCC1)NCC(C)(C)N1CCCCC1.I. The number of rotatable bonds is 8. The van der Waals surface area contributed by atoms with E-state index in [1.54, 1.807) is 0 Å². The number of nitrogens with zero attached hydrogens (tertiary/aromatic N) is 3. The number of benzene rings is 1. The Hall–Kier alpha value is -0.900. The van der Waals surface area contributed by atoms with E-state index in [2.05, 4.69) is 65.5 Å². The minimum Gasteiger partial charge on any atom is -0.379 e. The van der Waals surface area contributed by atoms with Crippen LogP contribution in [0, 0.1) is 0 Å². The largest absolute Gasteiger partial charge is 0.379 e. The molecule has 7 heteroatoms. The van der Waals surface area contributed by atoms with Crippen molar-refractivity contribution in [2.24, 2.45) is 4.99 Å². The predicted octanol–water partition coefficient (Wildman–Crippen LogP) is 3.46. The first-order valence-electron chi connectivity index (χ1n) is 11.7. The maximum atomic E-state index is 5.49. The fourth-order valence-corrected chi connectivity index (χ4v) is 4.28. The van der Waals surface area contributed by atoms with Crippen molar-refractivity contribution in [2.45, 2.75) is 58.7 Å². The summed E-state index contributed by atoms with van der Waals surface area (Å²) in [7, 11) is 0. The van der Waals surface area contributed by atoms with Gasteiger partial charge in [-0.2, -0.15) is 0 Å². The molecule has 0 spiro atoms. The average Bonchev–Trinajstić information content (AvgIpc) is 2.78. The molecule has 2 heterocycles. The summed E-state index contributed by atoms with van der Waals surface area (Å²) in [6.45, 7) is 16.3. The van der Waals surface area contributed by atoms with Crippen molar-refractivity contribution in [3.05, 3.63) is 35.4 Å². The quantitative estimate of drug-likeness (QED) is 0.299. The number of morpholine rings is 1. The van der Waals surface area contributed by atoms with Gasteiger partial charge in [-0.05, 0) is 57.8 Å². The normalized spacial score (nSPS) is 19.0. The number of halogens is 1. The average molecular weight is 544 g/mol. The molecule has 3 rings (SSSR count). The minimum absolute atomic E-state index is 0. The lowest BCUT2D eigenvalue weighted by Crippen LogP contribution is -2.54. The van der Waals surface area contributed by atoms with E-state index in [1.165, 1.54) is 43.5 Å². The van der Waals surface area contributed by atoms with Crippen LogP contribution in [0.3, 0.4) is 0 Å². The number of hydrogen-bond donors (Lipinski definition) is 2. The van der Waals surface area contributed by atoms with Gasteiger partial charge in [0.05, 0.1) is 19.8 Å². The molecule has 2 aliphatic heterocycles. The van der Waals surface area contributed by atoms with Gasteiger partial charge in [0.25, 0.3) is 0 Å². The Bertz CT molecular complexity index is 670. The highest BCUT2D eigenvalue weighted by atomic mass is 127. The van der Waals surface area contributed by atoms with Crippen LogP contribution in [-0.4, -0.2) is 73.8 Å². The number of guanidine groups is 1. The summed E-state index contributed by atoms with van der Waals surface area (Å²) in [5, 5.41) is 7.02. The third-order valence-electron chi connectivity index (χ3n) is 6.27. The van der Waals surface area contributed by atoms with Gasteiger partial charge in [0.2, 0.25) is 0 Å². The number of likely N-dealkylation sites (tertiary alicyclic amines) is 1. The van der Waals surface area contributed by atoms with Crippen molar-refractivity contribution >= 4 is 29.9 Å². The van der Waals surface area contributed by atoms with Gasteiger partial charge in [-0.3, -0.25) is 9.80 Å². The Morgan fingerprint density at radius 3 is 2.35 bits per heavy atom. The van der Waals surface area contributed by atoms with Crippen LogP contribution in [0.25, 0.3) is 0 Å². The van der Waals surface area contributed by atoms with Gasteiger partial charge < -0.3 is 15.4 Å². The van der Waals surface area contributed by atoms with Gasteiger partial charge >= 0.3 is 0 Å². The zero-order valence-corrected chi connectivity index (χ0v) is 22.0. The van der Waals surface area contributed by atoms with Gasteiger partial charge in [0.1, 0.15) is 0 Å². The zero-order chi connectivity index (χ0) is 21.2. The molecule has 0 amide bonds. The molecule has 2 N–H and O–H groups in total. The first kappa shape index (κ1) is 26.4. The lowest BCUT2D eigenvalue weighted by molar-refractivity contribution is 0.0341. The molecule has 0 aliphatic carbocycles. The van der Waals surface area contributed by atoms with Gasteiger partial charge in [-0.25, -0.2) is 4.99 Å². The molecule has 31 heavy (non-hydrogen) atoms. The predicted molar refractivity (Wildman–Crippen MR) is 140 cm³/mol.